The number of aromatic nitrogens is 2. The van der Waals surface area contributed by atoms with Crippen molar-refractivity contribution < 1.29 is 0 Å². The molecule has 1 aromatic carbocycles. The predicted octanol–water partition coefficient (Wildman–Crippen LogP) is 3.46. The van der Waals surface area contributed by atoms with Gasteiger partial charge in [-0.05, 0) is 24.5 Å². The van der Waals surface area contributed by atoms with Crippen LogP contribution in [0.4, 0.5) is 0 Å². The van der Waals surface area contributed by atoms with Crippen LogP contribution < -0.4 is 5.73 Å². The van der Waals surface area contributed by atoms with Crippen LogP contribution in [0.25, 0.3) is 0 Å². The Morgan fingerprint density at radius 3 is 2.72 bits per heavy atom. The lowest BCUT2D eigenvalue weighted by molar-refractivity contribution is 0.955. The van der Waals surface area contributed by atoms with E-state index >= 15 is 0 Å². The maximum atomic E-state index is 7.59. The van der Waals surface area contributed by atoms with Gasteiger partial charge in [-0.3, -0.25) is 5.41 Å². The average molecular weight is 361 g/mol. The maximum Gasteiger partial charge on any atom is 0.179 e. The number of nitrogens with zero attached hydrogens (tertiary/aromatic N) is 2. The molecule has 2 rings (SSSR count). The van der Waals surface area contributed by atoms with Gasteiger partial charge in [-0.15, -0.1) is 10.2 Å². The highest BCUT2D eigenvalue weighted by Gasteiger charge is 2.11. The molecular weight excluding hydrogens is 352 g/mol. The third-order valence-corrected chi connectivity index (χ3v) is 5.51. The molecule has 0 aliphatic carbocycles. The molecule has 0 radical (unpaired) electrons. The first-order valence-corrected chi connectivity index (χ1v) is 8.44. The van der Waals surface area contributed by atoms with Gasteiger partial charge in [0.25, 0.3) is 0 Å². The van der Waals surface area contributed by atoms with Crippen molar-refractivity contribution in [1.29, 1.82) is 5.41 Å². The zero-order chi connectivity index (χ0) is 13.1. The standard InChI is InChI=1S/C10H9BrN4S3/c1-16-9-14-15-10(18-9)17-7-3-2-5(11)4-6(7)8(12)13/h2-4H,1H3,(H3,12,13). The van der Waals surface area contributed by atoms with Gasteiger partial charge in [0.2, 0.25) is 0 Å². The van der Waals surface area contributed by atoms with Crippen molar-refractivity contribution in [2.75, 3.05) is 6.26 Å². The summed E-state index contributed by atoms with van der Waals surface area (Å²) in [4.78, 5) is 0.912. The Kier molecular flexibility index (Phi) is 4.66. The minimum Gasteiger partial charge on any atom is -0.384 e. The fraction of sp³-hybridized carbons (Fsp3) is 0.100. The summed E-state index contributed by atoms with van der Waals surface area (Å²) >= 11 is 7.96. The summed E-state index contributed by atoms with van der Waals surface area (Å²) in [5, 5.41) is 15.7. The van der Waals surface area contributed by atoms with Gasteiger partial charge >= 0.3 is 0 Å². The maximum absolute atomic E-state index is 7.59. The third kappa shape index (κ3) is 3.25. The number of thioether (sulfide) groups is 1. The quantitative estimate of drug-likeness (QED) is 0.496. The van der Waals surface area contributed by atoms with E-state index in [1.807, 2.05) is 24.5 Å². The molecule has 2 aromatic rings. The molecule has 1 aromatic heterocycles. The predicted molar refractivity (Wildman–Crippen MR) is 81.0 cm³/mol. The Bertz CT molecular complexity index is 584. The number of hydrogen-bond acceptors (Lipinski definition) is 6. The molecule has 0 fully saturated rings. The highest BCUT2D eigenvalue weighted by molar-refractivity contribution is 9.10. The first kappa shape index (κ1) is 13.9. The first-order valence-electron chi connectivity index (χ1n) is 4.79. The molecule has 8 heteroatoms. The van der Waals surface area contributed by atoms with Gasteiger partial charge in [0.15, 0.2) is 8.68 Å². The van der Waals surface area contributed by atoms with Crippen LogP contribution in [0, 0.1) is 5.41 Å². The lowest BCUT2D eigenvalue weighted by atomic mass is 10.2. The van der Waals surface area contributed by atoms with Gasteiger partial charge in [-0.1, -0.05) is 50.8 Å². The number of halogens is 1. The van der Waals surface area contributed by atoms with Crippen molar-refractivity contribution >= 4 is 56.6 Å². The van der Waals surface area contributed by atoms with Crippen LogP contribution in [0.5, 0.6) is 0 Å². The number of amidine groups is 1. The number of benzene rings is 1. The second-order valence-corrected chi connectivity index (χ2v) is 7.43. The summed E-state index contributed by atoms with van der Waals surface area (Å²) in [5.74, 6) is 0.0494. The number of nitrogen functional groups attached to an aromatic ring is 1. The summed E-state index contributed by atoms with van der Waals surface area (Å²) < 4.78 is 2.68. The molecular formula is C10H9BrN4S3. The van der Waals surface area contributed by atoms with Crippen LogP contribution in [0.3, 0.4) is 0 Å². The summed E-state index contributed by atoms with van der Waals surface area (Å²) in [6.45, 7) is 0. The SMILES string of the molecule is CSc1nnc(Sc2ccc(Br)cc2C(=N)N)s1. The topological polar surface area (TPSA) is 75.7 Å². The summed E-state index contributed by atoms with van der Waals surface area (Å²) in [6, 6.07) is 5.68. The van der Waals surface area contributed by atoms with E-state index in [9.17, 15) is 0 Å². The summed E-state index contributed by atoms with van der Waals surface area (Å²) in [5.41, 5.74) is 6.28. The third-order valence-electron chi connectivity index (χ3n) is 1.99. The van der Waals surface area contributed by atoms with E-state index in [4.69, 9.17) is 11.1 Å². The van der Waals surface area contributed by atoms with E-state index in [-0.39, 0.29) is 5.84 Å². The number of rotatable bonds is 4. The van der Waals surface area contributed by atoms with Crippen LogP contribution >= 0.6 is 50.8 Å². The molecule has 0 aliphatic heterocycles. The van der Waals surface area contributed by atoms with E-state index in [1.54, 1.807) is 11.8 Å². The Morgan fingerprint density at radius 1 is 1.39 bits per heavy atom. The molecule has 94 valence electrons. The molecule has 0 aliphatic rings. The van der Waals surface area contributed by atoms with E-state index in [1.165, 1.54) is 23.1 Å². The Morgan fingerprint density at radius 2 is 2.11 bits per heavy atom. The minimum absolute atomic E-state index is 0.0494. The van der Waals surface area contributed by atoms with Crippen molar-refractivity contribution in [2.45, 2.75) is 13.6 Å². The lowest BCUT2D eigenvalue weighted by Gasteiger charge is -2.06. The van der Waals surface area contributed by atoms with Crippen LogP contribution in [0.2, 0.25) is 0 Å². The summed E-state index contributed by atoms with van der Waals surface area (Å²) in [7, 11) is 0. The van der Waals surface area contributed by atoms with Crippen molar-refractivity contribution in [1.82, 2.24) is 10.2 Å². The van der Waals surface area contributed by atoms with Gasteiger partial charge in [-0.2, -0.15) is 0 Å². The number of nitrogens with two attached hydrogens (primary N) is 1. The molecule has 0 saturated heterocycles. The molecule has 0 atom stereocenters. The van der Waals surface area contributed by atoms with Crippen molar-refractivity contribution in [3.05, 3.63) is 28.2 Å². The van der Waals surface area contributed by atoms with Crippen LogP contribution in [0.1, 0.15) is 5.56 Å². The molecule has 3 N–H and O–H groups in total. The molecule has 0 unspecified atom stereocenters. The fourth-order valence-electron chi connectivity index (χ4n) is 1.22. The van der Waals surface area contributed by atoms with E-state index in [2.05, 4.69) is 26.1 Å². The molecule has 1 heterocycles. The molecule has 4 nitrogen and oxygen atoms in total. The Labute approximate surface area is 125 Å². The van der Waals surface area contributed by atoms with Gasteiger partial charge in [0, 0.05) is 14.9 Å². The molecule has 0 saturated carbocycles. The smallest absolute Gasteiger partial charge is 0.179 e. The summed E-state index contributed by atoms with van der Waals surface area (Å²) in [6.07, 6.45) is 1.97. The largest absolute Gasteiger partial charge is 0.384 e. The van der Waals surface area contributed by atoms with E-state index in [0.717, 1.165) is 18.0 Å². The molecule has 0 amide bonds. The van der Waals surface area contributed by atoms with Gasteiger partial charge < -0.3 is 5.73 Å². The van der Waals surface area contributed by atoms with Crippen molar-refractivity contribution in [3.8, 4) is 0 Å². The second kappa shape index (κ2) is 6.05. The number of hydrogen-bond donors (Lipinski definition) is 2. The zero-order valence-corrected chi connectivity index (χ0v) is 13.3. The van der Waals surface area contributed by atoms with Crippen molar-refractivity contribution in [2.24, 2.45) is 5.73 Å². The normalized spacial score (nSPS) is 10.6. The highest BCUT2D eigenvalue weighted by Crippen LogP contribution is 2.35. The molecule has 0 bridgehead atoms. The Hall–Kier alpha value is -0.570. The first-order chi connectivity index (χ1) is 8.60. The lowest BCUT2D eigenvalue weighted by Crippen LogP contribution is -2.12. The zero-order valence-electron chi connectivity index (χ0n) is 9.31. The highest BCUT2D eigenvalue weighted by atomic mass is 79.9. The number of nitrogens with one attached hydrogen (secondary N) is 1. The van der Waals surface area contributed by atoms with Crippen LogP contribution in [-0.4, -0.2) is 22.3 Å². The van der Waals surface area contributed by atoms with E-state index < -0.39 is 0 Å². The monoisotopic (exact) mass is 360 g/mol. The average Bonchev–Trinajstić information content (AvgIpc) is 2.79. The second-order valence-electron chi connectivity index (χ2n) is 3.19. The van der Waals surface area contributed by atoms with Gasteiger partial charge in [0.05, 0.1) is 0 Å². The fourth-order valence-corrected chi connectivity index (χ4v) is 4.10. The Balaban J connectivity index is 2.30. The van der Waals surface area contributed by atoms with Gasteiger partial charge in [-0.25, -0.2) is 0 Å². The van der Waals surface area contributed by atoms with Crippen LogP contribution in [-0.2, 0) is 0 Å². The van der Waals surface area contributed by atoms with E-state index in [0.29, 0.717) is 5.56 Å². The molecule has 18 heavy (non-hydrogen) atoms. The van der Waals surface area contributed by atoms with Gasteiger partial charge in [0.1, 0.15) is 5.84 Å². The minimum atomic E-state index is 0.0494. The molecule has 0 spiro atoms. The van der Waals surface area contributed by atoms with Crippen LogP contribution in [0.15, 0.2) is 36.2 Å². The van der Waals surface area contributed by atoms with Crippen molar-refractivity contribution in [3.63, 3.8) is 0 Å².